The molecule has 0 unspecified atom stereocenters. The molecule has 0 N–H and O–H groups in total. The number of rotatable bonds is 2. The Morgan fingerprint density at radius 3 is 1.85 bits per heavy atom. The molecule has 0 bridgehead atoms. The average molecular weight is 527 g/mol. The Bertz CT molecular complexity index is 2380. The molecule has 0 amide bonds. The van der Waals surface area contributed by atoms with Crippen molar-refractivity contribution in [1.82, 2.24) is 0 Å². The first-order valence-corrected chi connectivity index (χ1v) is 14.4. The van der Waals surface area contributed by atoms with Gasteiger partial charge in [0.1, 0.15) is 5.58 Å². The molecule has 0 aliphatic rings. The van der Waals surface area contributed by atoms with Crippen molar-refractivity contribution in [2.75, 3.05) is 0 Å². The molecule has 0 saturated heterocycles. The second-order valence-electron chi connectivity index (χ2n) is 10.5. The second-order valence-corrected chi connectivity index (χ2v) is 11.5. The molecule has 0 aliphatic carbocycles. The first kappa shape index (κ1) is 22.0. The van der Waals surface area contributed by atoms with E-state index in [9.17, 15) is 0 Å². The van der Waals surface area contributed by atoms with Crippen LogP contribution in [-0.2, 0) is 0 Å². The van der Waals surface area contributed by atoms with Gasteiger partial charge in [0, 0.05) is 31.1 Å². The summed E-state index contributed by atoms with van der Waals surface area (Å²) in [6.07, 6.45) is 1.79. The lowest BCUT2D eigenvalue weighted by atomic mass is 9.85. The minimum Gasteiger partial charge on any atom is -0.464 e. The highest BCUT2D eigenvalue weighted by Crippen LogP contribution is 2.48. The van der Waals surface area contributed by atoms with Gasteiger partial charge in [-0.15, -0.1) is 11.3 Å². The highest BCUT2D eigenvalue weighted by Gasteiger charge is 2.20. The van der Waals surface area contributed by atoms with Crippen molar-refractivity contribution in [3.05, 3.63) is 134 Å². The summed E-state index contributed by atoms with van der Waals surface area (Å²) in [5.74, 6) is 0. The largest absolute Gasteiger partial charge is 0.464 e. The van der Waals surface area contributed by atoms with Gasteiger partial charge in [0.25, 0.3) is 0 Å². The SMILES string of the molecule is c1ccc2cc(-c3c4ccccc4c(-c4cccc5c4sc4c6ccoc6ccc54)c4ccccc34)ccc2c1. The van der Waals surface area contributed by atoms with E-state index >= 15 is 0 Å². The minimum absolute atomic E-state index is 0.941. The number of thiophene rings is 1. The van der Waals surface area contributed by atoms with Gasteiger partial charge in [-0.1, -0.05) is 103 Å². The van der Waals surface area contributed by atoms with Crippen molar-refractivity contribution in [3.8, 4) is 22.3 Å². The van der Waals surface area contributed by atoms with E-state index < -0.39 is 0 Å². The Kier molecular flexibility index (Phi) is 4.55. The molecule has 0 fully saturated rings. The lowest BCUT2D eigenvalue weighted by molar-refractivity contribution is 0.616. The first-order chi connectivity index (χ1) is 19.8. The van der Waals surface area contributed by atoms with E-state index in [1.165, 1.54) is 80.1 Å². The van der Waals surface area contributed by atoms with Crippen LogP contribution in [0.15, 0.2) is 138 Å². The summed E-state index contributed by atoms with van der Waals surface area (Å²) in [4.78, 5) is 0. The van der Waals surface area contributed by atoms with Crippen LogP contribution >= 0.6 is 11.3 Å². The van der Waals surface area contributed by atoms with Gasteiger partial charge >= 0.3 is 0 Å². The maximum Gasteiger partial charge on any atom is 0.135 e. The fraction of sp³-hybridized carbons (Fsp3) is 0. The summed E-state index contributed by atoms with van der Waals surface area (Å²) in [5.41, 5.74) is 6.07. The Balaban J connectivity index is 1.43. The normalized spacial score (nSPS) is 12.0. The maximum atomic E-state index is 5.74. The Hall–Kier alpha value is -4.92. The molecule has 0 aliphatic heterocycles. The van der Waals surface area contributed by atoms with E-state index in [0.29, 0.717) is 0 Å². The van der Waals surface area contributed by atoms with Gasteiger partial charge in [-0.05, 0) is 73.3 Å². The van der Waals surface area contributed by atoms with E-state index in [2.05, 4.69) is 127 Å². The number of hydrogen-bond donors (Lipinski definition) is 0. The highest BCUT2D eigenvalue weighted by molar-refractivity contribution is 7.27. The molecule has 2 heterocycles. The van der Waals surface area contributed by atoms with E-state index in [1.807, 2.05) is 11.3 Å². The molecule has 1 nitrogen and oxygen atoms in total. The molecule has 0 saturated carbocycles. The van der Waals surface area contributed by atoms with E-state index in [1.54, 1.807) is 6.26 Å². The quantitative estimate of drug-likeness (QED) is 0.204. The van der Waals surface area contributed by atoms with Gasteiger partial charge in [0.05, 0.1) is 6.26 Å². The predicted octanol–water partition coefficient (Wildman–Crippen LogP) is 11.6. The van der Waals surface area contributed by atoms with Crippen LogP contribution in [0.3, 0.4) is 0 Å². The van der Waals surface area contributed by atoms with Crippen LogP contribution in [-0.4, -0.2) is 0 Å². The van der Waals surface area contributed by atoms with Crippen molar-refractivity contribution >= 4 is 74.8 Å². The zero-order valence-corrected chi connectivity index (χ0v) is 22.3. The van der Waals surface area contributed by atoms with Crippen molar-refractivity contribution < 1.29 is 4.42 Å². The lowest BCUT2D eigenvalue weighted by Gasteiger charge is -2.18. The van der Waals surface area contributed by atoms with E-state index in [4.69, 9.17) is 4.42 Å². The summed E-state index contributed by atoms with van der Waals surface area (Å²) in [6, 6.07) is 46.5. The van der Waals surface area contributed by atoms with E-state index in [0.717, 1.165) is 5.58 Å². The van der Waals surface area contributed by atoms with Gasteiger partial charge in [-0.2, -0.15) is 0 Å². The first-order valence-electron chi connectivity index (χ1n) is 13.6. The monoisotopic (exact) mass is 526 g/mol. The number of benzene rings is 7. The fourth-order valence-corrected chi connectivity index (χ4v) is 7.91. The number of furan rings is 1. The van der Waals surface area contributed by atoms with Crippen molar-refractivity contribution in [1.29, 1.82) is 0 Å². The molecule has 0 atom stereocenters. The average Bonchev–Trinajstić information content (AvgIpc) is 3.64. The number of hydrogen-bond acceptors (Lipinski definition) is 2. The summed E-state index contributed by atoms with van der Waals surface area (Å²) in [6.45, 7) is 0. The Morgan fingerprint density at radius 2 is 1.07 bits per heavy atom. The molecule has 2 aromatic heterocycles. The maximum absolute atomic E-state index is 5.74. The molecule has 0 spiro atoms. The molecule has 40 heavy (non-hydrogen) atoms. The number of fused-ring (bicyclic) bond motifs is 8. The molecule has 2 heteroatoms. The molecular formula is C38H22OS. The van der Waals surface area contributed by atoms with Crippen LogP contribution in [0.1, 0.15) is 0 Å². The standard InChI is InChI=1S/C38H22OS/c1-2-9-24-22-25(17-16-23(24)8-1)35-26-10-3-5-12-28(26)36(29-13-6-4-11-27(29)35)33-15-7-14-30-31-18-19-34-32(20-21-39-34)37(31)40-38(30)33/h1-22H. The van der Waals surface area contributed by atoms with Crippen LogP contribution in [0.2, 0.25) is 0 Å². The van der Waals surface area contributed by atoms with Crippen LogP contribution < -0.4 is 0 Å². The van der Waals surface area contributed by atoms with Crippen LogP contribution in [0.4, 0.5) is 0 Å². The van der Waals surface area contributed by atoms with E-state index in [-0.39, 0.29) is 0 Å². The summed E-state index contributed by atoms with van der Waals surface area (Å²) < 4.78 is 8.35. The summed E-state index contributed by atoms with van der Waals surface area (Å²) in [7, 11) is 0. The van der Waals surface area contributed by atoms with Crippen LogP contribution in [0.25, 0.3) is 85.7 Å². The predicted molar refractivity (Wildman–Crippen MR) is 172 cm³/mol. The van der Waals surface area contributed by atoms with Gasteiger partial charge in [-0.25, -0.2) is 0 Å². The Morgan fingerprint density at radius 1 is 0.425 bits per heavy atom. The highest BCUT2D eigenvalue weighted by atomic mass is 32.1. The fourth-order valence-electron chi connectivity index (χ4n) is 6.57. The Labute approximate surface area is 234 Å². The van der Waals surface area contributed by atoms with Crippen LogP contribution in [0.5, 0.6) is 0 Å². The van der Waals surface area contributed by atoms with Gasteiger partial charge < -0.3 is 4.42 Å². The van der Waals surface area contributed by atoms with Crippen molar-refractivity contribution in [2.24, 2.45) is 0 Å². The van der Waals surface area contributed by atoms with Gasteiger partial charge in [-0.3, -0.25) is 0 Å². The smallest absolute Gasteiger partial charge is 0.135 e. The molecular weight excluding hydrogens is 504 g/mol. The van der Waals surface area contributed by atoms with Crippen molar-refractivity contribution in [3.63, 3.8) is 0 Å². The molecule has 9 aromatic rings. The third kappa shape index (κ3) is 3.03. The third-order valence-corrected chi connectivity index (χ3v) is 9.62. The lowest BCUT2D eigenvalue weighted by Crippen LogP contribution is -1.91. The topological polar surface area (TPSA) is 13.1 Å². The van der Waals surface area contributed by atoms with Gasteiger partial charge in [0.15, 0.2) is 0 Å². The minimum atomic E-state index is 0.941. The molecule has 0 radical (unpaired) electrons. The molecule has 7 aromatic carbocycles. The van der Waals surface area contributed by atoms with Crippen molar-refractivity contribution in [2.45, 2.75) is 0 Å². The zero-order chi connectivity index (χ0) is 26.2. The zero-order valence-electron chi connectivity index (χ0n) is 21.5. The molecule has 186 valence electrons. The summed E-state index contributed by atoms with van der Waals surface area (Å²) in [5, 5.41) is 11.4. The van der Waals surface area contributed by atoms with Crippen LogP contribution in [0, 0.1) is 0 Å². The third-order valence-electron chi connectivity index (χ3n) is 8.33. The molecule has 9 rings (SSSR count). The van der Waals surface area contributed by atoms with Gasteiger partial charge in [0.2, 0.25) is 0 Å². The summed E-state index contributed by atoms with van der Waals surface area (Å²) >= 11 is 1.88. The second kappa shape index (κ2) is 8.29.